The van der Waals surface area contributed by atoms with E-state index < -0.39 is 0 Å². The molecule has 5 aromatic rings. The van der Waals surface area contributed by atoms with Crippen LogP contribution < -0.4 is 5.32 Å². The molecule has 0 unspecified atom stereocenters. The molecule has 0 spiro atoms. The van der Waals surface area contributed by atoms with Crippen molar-refractivity contribution in [2.75, 3.05) is 5.32 Å². The molecule has 0 saturated heterocycles. The largest absolute Gasteiger partial charge is 0.353 e. The maximum Gasteiger partial charge on any atom is 0.275 e. The number of hydrogen-bond donors (Lipinski definition) is 2. The molecule has 3 heterocycles. The van der Waals surface area contributed by atoms with Crippen molar-refractivity contribution in [1.29, 1.82) is 0 Å². The van der Waals surface area contributed by atoms with E-state index in [9.17, 15) is 4.79 Å². The second-order valence-electron chi connectivity index (χ2n) is 6.59. The summed E-state index contributed by atoms with van der Waals surface area (Å²) < 4.78 is 0. The summed E-state index contributed by atoms with van der Waals surface area (Å²) in [6.45, 7) is 1.92. The Hall–Kier alpha value is -3.51. The molecule has 5 rings (SSSR count). The molecular formula is C22H16N4OS. The predicted molar refractivity (Wildman–Crippen MR) is 114 cm³/mol. The van der Waals surface area contributed by atoms with E-state index in [-0.39, 0.29) is 5.91 Å². The fourth-order valence-corrected chi connectivity index (χ4v) is 4.06. The van der Waals surface area contributed by atoms with Crippen LogP contribution in [0.4, 0.5) is 5.69 Å². The van der Waals surface area contributed by atoms with Crippen molar-refractivity contribution >= 4 is 44.7 Å². The van der Waals surface area contributed by atoms with E-state index in [1.54, 1.807) is 5.38 Å². The molecule has 5 nitrogen and oxygen atoms in total. The van der Waals surface area contributed by atoms with Crippen molar-refractivity contribution < 1.29 is 4.79 Å². The number of nitrogens with zero attached hydrogens (tertiary/aromatic N) is 2. The summed E-state index contributed by atoms with van der Waals surface area (Å²) in [5.41, 5.74) is 4.82. The van der Waals surface area contributed by atoms with Crippen LogP contribution in [0.5, 0.6) is 0 Å². The third-order valence-corrected chi connectivity index (χ3v) is 5.47. The van der Waals surface area contributed by atoms with Gasteiger partial charge in [-0.05, 0) is 31.2 Å². The second kappa shape index (κ2) is 6.58. The summed E-state index contributed by atoms with van der Waals surface area (Å²) in [5.74, 6) is -0.227. The highest BCUT2D eigenvalue weighted by Crippen LogP contribution is 2.28. The number of pyridine rings is 1. The van der Waals surface area contributed by atoms with Crippen LogP contribution in [0, 0.1) is 6.92 Å². The first-order valence-electron chi connectivity index (χ1n) is 8.89. The van der Waals surface area contributed by atoms with E-state index >= 15 is 0 Å². The lowest BCUT2D eigenvalue weighted by molar-refractivity contribution is 0.102. The molecular weight excluding hydrogens is 368 g/mol. The number of rotatable bonds is 3. The molecule has 0 saturated carbocycles. The van der Waals surface area contributed by atoms with E-state index in [0.717, 1.165) is 43.9 Å². The zero-order chi connectivity index (χ0) is 19.1. The minimum atomic E-state index is -0.227. The van der Waals surface area contributed by atoms with Crippen molar-refractivity contribution in [1.82, 2.24) is 15.0 Å². The number of benzene rings is 2. The summed E-state index contributed by atoms with van der Waals surface area (Å²) in [4.78, 5) is 25.2. The molecule has 0 aliphatic heterocycles. The Bertz CT molecular complexity index is 1300. The lowest BCUT2D eigenvalue weighted by atomic mass is 10.1. The average Bonchev–Trinajstić information content (AvgIpc) is 3.35. The highest BCUT2D eigenvalue weighted by molar-refractivity contribution is 7.13. The fraction of sp³-hybridized carbons (Fsp3) is 0.0455. The summed E-state index contributed by atoms with van der Waals surface area (Å²) in [6, 6.07) is 19.8. The van der Waals surface area contributed by atoms with Crippen molar-refractivity contribution in [2.45, 2.75) is 6.92 Å². The number of H-pyrrole nitrogens is 1. The van der Waals surface area contributed by atoms with Gasteiger partial charge in [0.25, 0.3) is 5.91 Å². The van der Waals surface area contributed by atoms with E-state index in [0.29, 0.717) is 5.69 Å². The Morgan fingerprint density at radius 3 is 2.75 bits per heavy atom. The molecule has 0 aliphatic carbocycles. The van der Waals surface area contributed by atoms with Crippen molar-refractivity contribution in [3.05, 3.63) is 77.4 Å². The summed E-state index contributed by atoms with van der Waals surface area (Å²) in [6.07, 6.45) is 0. The quantitative estimate of drug-likeness (QED) is 0.437. The van der Waals surface area contributed by atoms with Crippen LogP contribution in [0.15, 0.2) is 66.0 Å². The molecule has 1 amide bonds. The number of para-hydroxylation sites is 2. The van der Waals surface area contributed by atoms with Crippen molar-refractivity contribution in [3.63, 3.8) is 0 Å². The third kappa shape index (κ3) is 2.93. The number of carbonyl (C=O) groups excluding carboxylic acids is 1. The number of hydrogen-bond acceptors (Lipinski definition) is 4. The number of aryl methyl sites for hydroxylation is 1. The minimum absolute atomic E-state index is 0.227. The number of aromatic nitrogens is 3. The summed E-state index contributed by atoms with van der Waals surface area (Å²) in [7, 11) is 0. The van der Waals surface area contributed by atoms with Crippen molar-refractivity contribution in [2.24, 2.45) is 0 Å². The van der Waals surface area contributed by atoms with Gasteiger partial charge in [-0.3, -0.25) is 9.78 Å². The topological polar surface area (TPSA) is 70.7 Å². The van der Waals surface area contributed by atoms with Crippen LogP contribution in [-0.4, -0.2) is 20.9 Å². The number of fused-ring (bicyclic) bond motifs is 2. The summed E-state index contributed by atoms with van der Waals surface area (Å²) in [5, 5.41) is 7.59. The van der Waals surface area contributed by atoms with Gasteiger partial charge in [0.2, 0.25) is 0 Å². The molecule has 0 atom stereocenters. The molecule has 0 aliphatic rings. The minimum Gasteiger partial charge on any atom is -0.353 e. The molecule has 2 aromatic carbocycles. The second-order valence-corrected chi connectivity index (χ2v) is 7.45. The van der Waals surface area contributed by atoms with E-state index in [4.69, 9.17) is 0 Å². The standard InChI is InChI=1S/C22H16N4OS/c1-13-10-18(15-7-3-5-9-17(15)23-13)25-21(27)20-12-28-22(26-20)19-11-14-6-2-4-8-16(14)24-19/h2-12,24H,1H3,(H,23,25,27). The molecule has 3 aromatic heterocycles. The van der Waals surface area contributed by atoms with Crippen LogP contribution in [-0.2, 0) is 0 Å². The van der Waals surface area contributed by atoms with Gasteiger partial charge in [0.1, 0.15) is 10.7 Å². The first-order valence-corrected chi connectivity index (χ1v) is 9.77. The Labute approximate surface area is 165 Å². The van der Waals surface area contributed by atoms with E-state index in [1.807, 2.05) is 61.5 Å². The Morgan fingerprint density at radius 2 is 1.86 bits per heavy atom. The van der Waals surface area contributed by atoms with Crippen LogP contribution in [0.1, 0.15) is 16.2 Å². The number of amides is 1. The fourth-order valence-electron chi connectivity index (χ4n) is 3.29. The van der Waals surface area contributed by atoms with E-state index in [2.05, 4.69) is 26.3 Å². The number of nitrogens with one attached hydrogen (secondary N) is 2. The number of aromatic amines is 1. The number of thiazole rings is 1. The molecule has 0 bridgehead atoms. The zero-order valence-electron chi connectivity index (χ0n) is 15.1. The van der Waals surface area contributed by atoms with Gasteiger partial charge in [0.05, 0.1) is 16.9 Å². The lowest BCUT2D eigenvalue weighted by Crippen LogP contribution is -2.13. The molecule has 0 radical (unpaired) electrons. The Morgan fingerprint density at radius 1 is 1.04 bits per heavy atom. The SMILES string of the molecule is Cc1cc(NC(=O)c2csc(-c3cc4ccccc4[nH]3)n2)c2ccccc2n1. The maximum absolute atomic E-state index is 12.8. The first-order chi connectivity index (χ1) is 13.7. The van der Waals surface area contributed by atoms with Crippen molar-refractivity contribution in [3.8, 4) is 10.7 Å². The molecule has 6 heteroatoms. The van der Waals surface area contributed by atoms with Gasteiger partial charge >= 0.3 is 0 Å². The monoisotopic (exact) mass is 384 g/mol. The average molecular weight is 384 g/mol. The van der Waals surface area contributed by atoms with Gasteiger partial charge in [0.15, 0.2) is 0 Å². The molecule has 0 fully saturated rings. The Balaban J connectivity index is 1.46. The van der Waals surface area contributed by atoms with Gasteiger partial charge in [-0.25, -0.2) is 4.98 Å². The smallest absolute Gasteiger partial charge is 0.275 e. The van der Waals surface area contributed by atoms with Gasteiger partial charge < -0.3 is 10.3 Å². The predicted octanol–water partition coefficient (Wildman–Crippen LogP) is 5.40. The Kier molecular flexibility index (Phi) is 3.91. The molecule has 136 valence electrons. The van der Waals surface area contributed by atoms with E-state index in [1.165, 1.54) is 11.3 Å². The number of anilines is 1. The van der Waals surface area contributed by atoms with Crippen LogP contribution in [0.25, 0.3) is 32.5 Å². The molecule has 28 heavy (non-hydrogen) atoms. The van der Waals surface area contributed by atoms with Crippen LogP contribution in [0.3, 0.4) is 0 Å². The zero-order valence-corrected chi connectivity index (χ0v) is 15.9. The normalized spacial score (nSPS) is 11.2. The lowest BCUT2D eigenvalue weighted by Gasteiger charge is -2.08. The highest BCUT2D eigenvalue weighted by atomic mass is 32.1. The van der Waals surface area contributed by atoms with Gasteiger partial charge in [-0.2, -0.15) is 0 Å². The molecule has 2 N–H and O–H groups in total. The van der Waals surface area contributed by atoms with Crippen LogP contribution in [0.2, 0.25) is 0 Å². The van der Waals surface area contributed by atoms with Gasteiger partial charge in [-0.15, -0.1) is 11.3 Å². The number of carbonyl (C=O) groups is 1. The van der Waals surface area contributed by atoms with Gasteiger partial charge in [-0.1, -0.05) is 36.4 Å². The maximum atomic E-state index is 12.8. The summed E-state index contributed by atoms with van der Waals surface area (Å²) >= 11 is 1.45. The highest BCUT2D eigenvalue weighted by Gasteiger charge is 2.15. The van der Waals surface area contributed by atoms with Crippen LogP contribution >= 0.6 is 11.3 Å². The first kappa shape index (κ1) is 16.6. The van der Waals surface area contributed by atoms with Gasteiger partial charge in [0, 0.05) is 27.4 Å². The third-order valence-electron chi connectivity index (χ3n) is 4.59.